The summed E-state index contributed by atoms with van der Waals surface area (Å²) in [5, 5.41) is 0. The van der Waals surface area contributed by atoms with Crippen molar-refractivity contribution in [2.75, 3.05) is 19.8 Å². The van der Waals surface area contributed by atoms with E-state index in [4.69, 9.17) is 18.5 Å². The normalized spacial score (nSPS) is 13.3. The van der Waals surface area contributed by atoms with Crippen LogP contribution in [0.3, 0.4) is 0 Å². The SMILES string of the molecule is CCCCCCCCCCCCCCCCCC(=O)OCC(COP(=O)(O)OCCC)OC(=O)CCCCCCCCCCCCCCCCC. The Hall–Kier alpha value is -0.950. The summed E-state index contributed by atoms with van der Waals surface area (Å²) >= 11 is 0. The average Bonchev–Trinajstić information content (AvgIpc) is 3.11. The van der Waals surface area contributed by atoms with Crippen molar-refractivity contribution < 1.29 is 37.6 Å². The molecule has 0 bridgehead atoms. The molecule has 0 rings (SSSR count). The molecule has 0 aliphatic carbocycles. The fourth-order valence-corrected chi connectivity index (χ4v) is 7.16. The molecule has 9 heteroatoms. The number of carbonyl (C=O) groups excluding carboxylic acids is 2. The monoisotopic (exact) mass is 747 g/mol. The highest BCUT2D eigenvalue weighted by Crippen LogP contribution is 2.43. The van der Waals surface area contributed by atoms with E-state index in [0.29, 0.717) is 12.8 Å². The summed E-state index contributed by atoms with van der Waals surface area (Å²) in [7, 11) is -4.29. The van der Waals surface area contributed by atoms with Crippen LogP contribution in [0.4, 0.5) is 0 Å². The number of rotatable bonds is 41. The Bertz CT molecular complexity index is 808. The summed E-state index contributed by atoms with van der Waals surface area (Å²) in [6.07, 6.45) is 37.8. The van der Waals surface area contributed by atoms with Crippen LogP contribution in [0, 0.1) is 0 Å². The number of phosphoric acid groups is 1. The topological polar surface area (TPSA) is 108 Å². The van der Waals surface area contributed by atoms with E-state index < -0.39 is 19.9 Å². The minimum Gasteiger partial charge on any atom is -0.462 e. The molecule has 0 aromatic rings. The molecule has 0 fully saturated rings. The smallest absolute Gasteiger partial charge is 0.462 e. The Morgan fingerprint density at radius 3 is 1.14 bits per heavy atom. The first-order chi connectivity index (χ1) is 24.8. The van der Waals surface area contributed by atoms with Gasteiger partial charge in [-0.25, -0.2) is 4.57 Å². The van der Waals surface area contributed by atoms with Crippen LogP contribution in [0.25, 0.3) is 0 Å². The maximum atomic E-state index is 12.6. The van der Waals surface area contributed by atoms with Gasteiger partial charge in [0.1, 0.15) is 6.61 Å². The Balaban J connectivity index is 4.11. The lowest BCUT2D eigenvalue weighted by atomic mass is 10.0. The maximum absolute atomic E-state index is 12.6. The van der Waals surface area contributed by atoms with Gasteiger partial charge < -0.3 is 14.4 Å². The molecule has 0 aromatic carbocycles. The molecule has 0 radical (unpaired) electrons. The molecule has 0 aliphatic rings. The van der Waals surface area contributed by atoms with Crippen LogP contribution in [0.2, 0.25) is 0 Å². The third kappa shape index (κ3) is 38.6. The lowest BCUT2D eigenvalue weighted by molar-refractivity contribution is -0.161. The third-order valence-electron chi connectivity index (χ3n) is 9.58. The van der Waals surface area contributed by atoms with Crippen molar-refractivity contribution in [2.45, 2.75) is 239 Å². The van der Waals surface area contributed by atoms with Crippen LogP contribution < -0.4 is 0 Å². The zero-order chi connectivity index (χ0) is 37.5. The molecule has 0 aliphatic heterocycles. The molecule has 1 N–H and O–H groups in total. The summed E-state index contributed by atoms with van der Waals surface area (Å²) in [6, 6.07) is 0. The van der Waals surface area contributed by atoms with E-state index in [1.807, 2.05) is 6.92 Å². The Labute approximate surface area is 315 Å². The molecule has 0 spiro atoms. The van der Waals surface area contributed by atoms with E-state index in [1.54, 1.807) is 0 Å². The first-order valence-corrected chi connectivity index (χ1v) is 23.3. The summed E-state index contributed by atoms with van der Waals surface area (Å²) < 4.78 is 33.0. The molecular formula is C42H83O8P. The van der Waals surface area contributed by atoms with E-state index in [2.05, 4.69) is 13.8 Å². The second-order valence-electron chi connectivity index (χ2n) is 14.8. The fourth-order valence-electron chi connectivity index (χ4n) is 6.32. The van der Waals surface area contributed by atoms with Gasteiger partial charge in [0.15, 0.2) is 6.10 Å². The van der Waals surface area contributed by atoms with Crippen molar-refractivity contribution in [3.63, 3.8) is 0 Å². The summed E-state index contributed by atoms with van der Waals surface area (Å²) in [5.41, 5.74) is 0. The second kappa shape index (κ2) is 38.8. The van der Waals surface area contributed by atoms with Crippen molar-refractivity contribution in [1.29, 1.82) is 0 Å². The van der Waals surface area contributed by atoms with Crippen LogP contribution in [0.1, 0.15) is 233 Å². The number of phosphoric ester groups is 1. The van der Waals surface area contributed by atoms with Crippen LogP contribution in [-0.2, 0) is 32.7 Å². The second-order valence-corrected chi connectivity index (χ2v) is 16.2. The van der Waals surface area contributed by atoms with Crippen molar-refractivity contribution >= 4 is 19.8 Å². The van der Waals surface area contributed by atoms with Gasteiger partial charge in [0.25, 0.3) is 0 Å². The van der Waals surface area contributed by atoms with Crippen LogP contribution in [0.5, 0.6) is 0 Å². The quantitative estimate of drug-likeness (QED) is 0.0374. The van der Waals surface area contributed by atoms with E-state index >= 15 is 0 Å². The zero-order valence-corrected chi connectivity index (χ0v) is 34.7. The largest absolute Gasteiger partial charge is 0.472 e. The van der Waals surface area contributed by atoms with Crippen molar-refractivity contribution in [1.82, 2.24) is 0 Å². The van der Waals surface area contributed by atoms with Crippen LogP contribution >= 0.6 is 7.82 Å². The molecule has 2 unspecified atom stereocenters. The lowest BCUT2D eigenvalue weighted by Gasteiger charge is -2.20. The molecule has 51 heavy (non-hydrogen) atoms. The number of ether oxygens (including phenoxy) is 2. The number of carbonyl (C=O) groups is 2. The highest BCUT2D eigenvalue weighted by atomic mass is 31.2. The predicted molar refractivity (Wildman–Crippen MR) is 212 cm³/mol. The lowest BCUT2D eigenvalue weighted by Crippen LogP contribution is -2.29. The van der Waals surface area contributed by atoms with Crippen molar-refractivity contribution in [2.24, 2.45) is 0 Å². The standard InChI is InChI=1S/C42H83O8P/c1-4-7-9-11-13-15-17-19-21-23-25-27-29-31-33-35-41(43)47-38-40(39-49-51(45,46)48-37-6-3)50-42(44)36-34-32-30-28-26-24-22-20-18-16-14-12-10-8-5-2/h40H,4-39H2,1-3H3,(H,45,46). The highest BCUT2D eigenvalue weighted by Gasteiger charge is 2.25. The summed E-state index contributed by atoms with van der Waals surface area (Å²) in [4.78, 5) is 34.9. The van der Waals surface area contributed by atoms with Gasteiger partial charge in [-0.1, -0.05) is 201 Å². The van der Waals surface area contributed by atoms with Gasteiger partial charge in [0, 0.05) is 12.8 Å². The molecule has 0 heterocycles. The number of unbranched alkanes of at least 4 members (excludes halogenated alkanes) is 28. The van der Waals surface area contributed by atoms with Gasteiger partial charge in [0.05, 0.1) is 13.2 Å². The third-order valence-corrected chi connectivity index (χ3v) is 10.6. The number of esters is 2. The van der Waals surface area contributed by atoms with Crippen molar-refractivity contribution in [3.8, 4) is 0 Å². The first-order valence-electron chi connectivity index (χ1n) is 21.8. The minimum absolute atomic E-state index is 0.0751. The Morgan fingerprint density at radius 2 is 0.784 bits per heavy atom. The predicted octanol–water partition coefficient (Wildman–Crippen LogP) is 13.5. The number of hydrogen-bond acceptors (Lipinski definition) is 7. The molecule has 0 saturated carbocycles. The van der Waals surface area contributed by atoms with Crippen LogP contribution in [-0.4, -0.2) is 42.8 Å². The van der Waals surface area contributed by atoms with E-state index in [1.165, 1.54) is 154 Å². The van der Waals surface area contributed by atoms with Crippen molar-refractivity contribution in [3.05, 3.63) is 0 Å². The molecular weight excluding hydrogens is 663 g/mol. The van der Waals surface area contributed by atoms with Gasteiger partial charge >= 0.3 is 19.8 Å². The molecule has 0 amide bonds. The first kappa shape index (κ1) is 50.1. The molecule has 8 nitrogen and oxygen atoms in total. The minimum atomic E-state index is -4.29. The number of hydrogen-bond donors (Lipinski definition) is 1. The van der Waals surface area contributed by atoms with Gasteiger partial charge in [0.2, 0.25) is 0 Å². The van der Waals surface area contributed by atoms with Gasteiger partial charge in [-0.3, -0.25) is 18.6 Å². The highest BCUT2D eigenvalue weighted by molar-refractivity contribution is 7.47. The van der Waals surface area contributed by atoms with E-state index in [0.717, 1.165) is 38.5 Å². The Kier molecular flexibility index (Phi) is 38.0. The maximum Gasteiger partial charge on any atom is 0.472 e. The van der Waals surface area contributed by atoms with Gasteiger partial charge in [-0.2, -0.15) is 0 Å². The molecule has 0 aromatic heterocycles. The Morgan fingerprint density at radius 1 is 0.451 bits per heavy atom. The van der Waals surface area contributed by atoms with Gasteiger partial charge in [-0.15, -0.1) is 0 Å². The van der Waals surface area contributed by atoms with Crippen LogP contribution in [0.15, 0.2) is 0 Å². The van der Waals surface area contributed by atoms with E-state index in [9.17, 15) is 19.0 Å². The average molecular weight is 747 g/mol. The zero-order valence-electron chi connectivity index (χ0n) is 33.8. The molecule has 2 atom stereocenters. The fraction of sp³-hybridized carbons (Fsp3) is 0.952. The summed E-state index contributed by atoms with van der Waals surface area (Å²) in [5.74, 6) is -0.776. The molecule has 304 valence electrons. The molecule has 0 saturated heterocycles. The van der Waals surface area contributed by atoms with Gasteiger partial charge in [-0.05, 0) is 19.3 Å². The van der Waals surface area contributed by atoms with E-state index in [-0.39, 0.29) is 32.2 Å². The summed E-state index contributed by atoms with van der Waals surface area (Å²) in [6.45, 7) is 5.83.